The first kappa shape index (κ1) is 25.4. The van der Waals surface area contributed by atoms with Gasteiger partial charge in [-0.1, -0.05) is 29.3 Å². The number of ether oxygens (including phenoxy) is 1. The van der Waals surface area contributed by atoms with Gasteiger partial charge in [0.1, 0.15) is 11.4 Å². The fourth-order valence-corrected chi connectivity index (χ4v) is 5.18. The molecule has 2 aromatic carbocycles. The van der Waals surface area contributed by atoms with E-state index in [9.17, 15) is 9.59 Å². The standard InChI is InChI=1S/C26H28Cl2N6O3/c1-37-18-7-5-17(6-8-18)34-12-9-19-24(26(34)36)30-31-25(19)29-22(35)10-11-32-13-15-33(16-14-32)21-4-2-3-20(27)23(21)28/h2-8H,9-16H2,1H3,(H2,29,30,31,35). The maximum atomic E-state index is 13.1. The Bertz CT molecular complexity index is 1290. The smallest absolute Gasteiger partial charge is 0.276 e. The van der Waals surface area contributed by atoms with Gasteiger partial charge in [-0.15, -0.1) is 0 Å². The van der Waals surface area contributed by atoms with Crippen molar-refractivity contribution in [1.29, 1.82) is 0 Å². The number of benzene rings is 2. The number of fused-ring (bicyclic) bond motifs is 1. The minimum Gasteiger partial charge on any atom is -0.497 e. The highest BCUT2D eigenvalue weighted by atomic mass is 35.5. The summed E-state index contributed by atoms with van der Waals surface area (Å²) >= 11 is 12.5. The van der Waals surface area contributed by atoms with Crippen molar-refractivity contribution in [2.75, 3.05) is 61.5 Å². The van der Waals surface area contributed by atoms with Gasteiger partial charge in [0, 0.05) is 56.9 Å². The predicted octanol–water partition coefficient (Wildman–Crippen LogP) is 4.08. The van der Waals surface area contributed by atoms with Gasteiger partial charge in [-0.25, -0.2) is 0 Å². The van der Waals surface area contributed by atoms with Crippen molar-refractivity contribution in [1.82, 2.24) is 15.1 Å². The molecular formula is C26H28Cl2N6O3. The monoisotopic (exact) mass is 542 g/mol. The molecule has 2 aliphatic rings. The molecule has 2 amide bonds. The molecule has 3 aromatic rings. The van der Waals surface area contributed by atoms with Crippen LogP contribution in [-0.2, 0) is 11.2 Å². The van der Waals surface area contributed by atoms with Crippen molar-refractivity contribution in [3.63, 3.8) is 0 Å². The molecule has 2 N–H and O–H groups in total. The van der Waals surface area contributed by atoms with E-state index in [0.717, 1.165) is 48.9 Å². The Hall–Kier alpha value is -3.27. The maximum absolute atomic E-state index is 13.1. The third-order valence-electron chi connectivity index (χ3n) is 6.85. The fraction of sp³-hybridized carbons (Fsp3) is 0.346. The number of aromatic amines is 1. The van der Waals surface area contributed by atoms with Crippen molar-refractivity contribution >= 4 is 52.2 Å². The van der Waals surface area contributed by atoms with Crippen LogP contribution >= 0.6 is 23.2 Å². The summed E-state index contributed by atoms with van der Waals surface area (Å²) in [5, 5.41) is 11.1. The van der Waals surface area contributed by atoms with Gasteiger partial charge in [-0.05, 0) is 42.8 Å². The lowest BCUT2D eigenvalue weighted by molar-refractivity contribution is -0.116. The number of carbonyl (C=O) groups is 2. The first-order valence-electron chi connectivity index (χ1n) is 12.2. The zero-order valence-corrected chi connectivity index (χ0v) is 22.0. The number of nitrogens with one attached hydrogen (secondary N) is 2. The molecule has 0 unspecified atom stereocenters. The molecule has 0 saturated carbocycles. The maximum Gasteiger partial charge on any atom is 0.276 e. The second-order valence-corrected chi connectivity index (χ2v) is 9.82. The van der Waals surface area contributed by atoms with Crippen LogP contribution in [0.3, 0.4) is 0 Å². The number of methoxy groups -OCH3 is 1. The van der Waals surface area contributed by atoms with Crippen molar-refractivity contribution in [3.05, 3.63) is 63.8 Å². The molecule has 0 radical (unpaired) electrons. The Balaban J connectivity index is 1.13. The van der Waals surface area contributed by atoms with Crippen LogP contribution < -0.4 is 19.9 Å². The molecule has 1 fully saturated rings. The molecule has 11 heteroatoms. The quantitative estimate of drug-likeness (QED) is 0.467. The summed E-state index contributed by atoms with van der Waals surface area (Å²) in [6.45, 7) is 4.40. The van der Waals surface area contributed by atoms with E-state index < -0.39 is 0 Å². The Labute approximate surface area is 225 Å². The van der Waals surface area contributed by atoms with Gasteiger partial charge in [0.25, 0.3) is 5.91 Å². The number of hydrogen-bond donors (Lipinski definition) is 2. The normalized spacial score (nSPS) is 16.0. The van der Waals surface area contributed by atoms with E-state index in [2.05, 4.69) is 25.3 Å². The Kier molecular flexibility index (Phi) is 7.55. The molecule has 0 bridgehead atoms. The van der Waals surface area contributed by atoms with Crippen LogP contribution in [0, 0.1) is 0 Å². The summed E-state index contributed by atoms with van der Waals surface area (Å²) in [7, 11) is 1.60. The summed E-state index contributed by atoms with van der Waals surface area (Å²) in [5.41, 5.74) is 2.88. The topological polar surface area (TPSA) is 93.8 Å². The zero-order chi connectivity index (χ0) is 25.9. The van der Waals surface area contributed by atoms with Crippen molar-refractivity contribution in [2.24, 2.45) is 0 Å². The molecule has 5 rings (SSSR count). The Morgan fingerprint density at radius 2 is 1.84 bits per heavy atom. The van der Waals surface area contributed by atoms with Crippen LogP contribution in [0.1, 0.15) is 22.5 Å². The van der Waals surface area contributed by atoms with Crippen molar-refractivity contribution in [2.45, 2.75) is 12.8 Å². The first-order valence-corrected chi connectivity index (χ1v) is 12.9. The molecule has 194 valence electrons. The van der Waals surface area contributed by atoms with E-state index in [1.165, 1.54) is 0 Å². The van der Waals surface area contributed by atoms with Crippen LogP contribution in [0.5, 0.6) is 5.75 Å². The van der Waals surface area contributed by atoms with Crippen LogP contribution in [-0.4, -0.2) is 73.3 Å². The highest BCUT2D eigenvalue weighted by Gasteiger charge is 2.30. The number of halogens is 2. The average molecular weight is 543 g/mol. The lowest BCUT2D eigenvalue weighted by Gasteiger charge is -2.36. The number of H-pyrrole nitrogens is 1. The molecule has 2 aliphatic heterocycles. The molecule has 1 saturated heterocycles. The van der Waals surface area contributed by atoms with Crippen LogP contribution in [0.25, 0.3) is 0 Å². The van der Waals surface area contributed by atoms with E-state index in [0.29, 0.717) is 47.5 Å². The third-order valence-corrected chi connectivity index (χ3v) is 7.66. The zero-order valence-electron chi connectivity index (χ0n) is 20.5. The van der Waals surface area contributed by atoms with E-state index in [4.69, 9.17) is 27.9 Å². The second kappa shape index (κ2) is 11.0. The number of hydrogen-bond acceptors (Lipinski definition) is 6. The number of rotatable bonds is 7. The lowest BCUT2D eigenvalue weighted by atomic mass is 10.1. The molecule has 0 spiro atoms. The van der Waals surface area contributed by atoms with Gasteiger partial charge < -0.3 is 19.9 Å². The summed E-state index contributed by atoms with van der Waals surface area (Å²) in [4.78, 5) is 31.9. The first-order chi connectivity index (χ1) is 17.9. The lowest BCUT2D eigenvalue weighted by Crippen LogP contribution is -2.47. The number of piperazine rings is 1. The average Bonchev–Trinajstić information content (AvgIpc) is 3.33. The molecule has 0 atom stereocenters. The van der Waals surface area contributed by atoms with E-state index in [1.807, 2.05) is 36.4 Å². The van der Waals surface area contributed by atoms with Gasteiger partial charge in [0.05, 0.1) is 22.8 Å². The minimum absolute atomic E-state index is 0.125. The SMILES string of the molecule is COc1ccc(N2CCc3c(NC(=O)CCN4CCN(c5cccc(Cl)c5Cl)CC4)n[nH]c3C2=O)cc1. The Morgan fingerprint density at radius 3 is 2.57 bits per heavy atom. The molecule has 9 nitrogen and oxygen atoms in total. The molecule has 3 heterocycles. The molecular weight excluding hydrogens is 515 g/mol. The van der Waals surface area contributed by atoms with Gasteiger partial charge >= 0.3 is 0 Å². The van der Waals surface area contributed by atoms with E-state index in [1.54, 1.807) is 18.1 Å². The third kappa shape index (κ3) is 5.39. The van der Waals surface area contributed by atoms with E-state index in [-0.39, 0.29) is 11.8 Å². The largest absolute Gasteiger partial charge is 0.497 e. The highest BCUT2D eigenvalue weighted by Crippen LogP contribution is 2.33. The number of anilines is 3. The van der Waals surface area contributed by atoms with Crippen LogP contribution in [0.2, 0.25) is 10.0 Å². The van der Waals surface area contributed by atoms with Gasteiger partial charge in [0.2, 0.25) is 5.91 Å². The van der Waals surface area contributed by atoms with Gasteiger partial charge in [0.15, 0.2) is 5.82 Å². The van der Waals surface area contributed by atoms with Crippen LogP contribution in [0.15, 0.2) is 42.5 Å². The van der Waals surface area contributed by atoms with Crippen molar-refractivity contribution in [3.8, 4) is 5.75 Å². The minimum atomic E-state index is -0.169. The summed E-state index contributed by atoms with van der Waals surface area (Å²) in [6, 6.07) is 13.0. The number of carbonyl (C=O) groups excluding carboxylic acids is 2. The second-order valence-electron chi connectivity index (χ2n) is 9.03. The molecule has 0 aliphatic carbocycles. The fourth-order valence-electron chi connectivity index (χ4n) is 4.76. The van der Waals surface area contributed by atoms with Gasteiger partial charge in [-0.2, -0.15) is 5.10 Å². The van der Waals surface area contributed by atoms with Crippen molar-refractivity contribution < 1.29 is 14.3 Å². The van der Waals surface area contributed by atoms with Crippen LogP contribution in [0.4, 0.5) is 17.2 Å². The number of nitrogens with zero attached hydrogens (tertiary/aromatic N) is 4. The summed E-state index contributed by atoms with van der Waals surface area (Å²) < 4.78 is 5.20. The van der Waals surface area contributed by atoms with E-state index >= 15 is 0 Å². The number of amides is 2. The highest BCUT2D eigenvalue weighted by molar-refractivity contribution is 6.43. The molecule has 37 heavy (non-hydrogen) atoms. The molecule has 1 aromatic heterocycles. The summed E-state index contributed by atoms with van der Waals surface area (Å²) in [6.07, 6.45) is 0.929. The number of aromatic nitrogens is 2. The summed E-state index contributed by atoms with van der Waals surface area (Å²) in [5.74, 6) is 0.868. The van der Waals surface area contributed by atoms with Gasteiger partial charge in [-0.3, -0.25) is 19.6 Å². The predicted molar refractivity (Wildman–Crippen MR) is 145 cm³/mol. The Morgan fingerprint density at radius 1 is 1.08 bits per heavy atom.